The zero-order chi connectivity index (χ0) is 16.7. The van der Waals surface area contributed by atoms with E-state index in [-0.39, 0.29) is 11.8 Å². The monoisotopic (exact) mass is 314 g/mol. The van der Waals surface area contributed by atoms with Crippen molar-refractivity contribution in [2.45, 2.75) is 26.9 Å². The van der Waals surface area contributed by atoms with Crippen molar-refractivity contribution in [2.75, 3.05) is 12.4 Å². The molecule has 5 nitrogen and oxygen atoms in total. The van der Waals surface area contributed by atoms with E-state index in [1.54, 1.807) is 37.7 Å². The largest absolute Gasteiger partial charge is 0.493 e. The number of rotatable bonds is 7. The summed E-state index contributed by atoms with van der Waals surface area (Å²) < 4.78 is 11.1. The topological polar surface area (TPSA) is 60.5 Å². The van der Waals surface area contributed by atoms with Crippen molar-refractivity contribution >= 4 is 11.6 Å². The Morgan fingerprint density at radius 2 is 1.96 bits per heavy atom. The van der Waals surface area contributed by atoms with Crippen LogP contribution in [0.5, 0.6) is 11.5 Å². The first-order valence-corrected chi connectivity index (χ1v) is 7.64. The molecule has 0 aliphatic heterocycles. The third-order valence-electron chi connectivity index (χ3n) is 3.63. The van der Waals surface area contributed by atoms with Gasteiger partial charge in [-0.15, -0.1) is 0 Å². The fourth-order valence-electron chi connectivity index (χ4n) is 1.96. The maximum absolute atomic E-state index is 12.0. The zero-order valence-corrected chi connectivity index (χ0v) is 13.7. The molecule has 0 spiro atoms. The van der Waals surface area contributed by atoms with Crippen molar-refractivity contribution in [2.24, 2.45) is 5.92 Å². The van der Waals surface area contributed by atoms with Gasteiger partial charge >= 0.3 is 0 Å². The van der Waals surface area contributed by atoms with Gasteiger partial charge in [0, 0.05) is 30.1 Å². The molecule has 2 aromatic rings. The van der Waals surface area contributed by atoms with E-state index in [1.165, 1.54) is 0 Å². The van der Waals surface area contributed by atoms with Crippen LogP contribution in [0.3, 0.4) is 0 Å². The Bertz CT molecular complexity index is 644. The first-order valence-electron chi connectivity index (χ1n) is 7.64. The highest BCUT2D eigenvalue weighted by atomic mass is 16.5. The Balaban J connectivity index is 2.10. The number of carbonyl (C=O) groups is 1. The summed E-state index contributed by atoms with van der Waals surface area (Å²) in [5.41, 5.74) is 1.71. The predicted molar refractivity (Wildman–Crippen MR) is 89.6 cm³/mol. The molecule has 1 atom stereocenters. The molecule has 0 fully saturated rings. The van der Waals surface area contributed by atoms with Crippen molar-refractivity contribution < 1.29 is 14.3 Å². The van der Waals surface area contributed by atoms with Crippen LogP contribution < -0.4 is 14.8 Å². The number of benzene rings is 1. The van der Waals surface area contributed by atoms with Gasteiger partial charge in [0.15, 0.2) is 11.5 Å². The second-order valence-corrected chi connectivity index (χ2v) is 5.31. The number of carbonyl (C=O) groups excluding carboxylic acids is 1. The lowest BCUT2D eigenvalue weighted by Gasteiger charge is -2.14. The Kier molecular flexibility index (Phi) is 5.97. The minimum absolute atomic E-state index is 0.00208. The maximum atomic E-state index is 12.0. The number of ether oxygens (including phenoxy) is 2. The van der Waals surface area contributed by atoms with Crippen LogP contribution in [0.2, 0.25) is 0 Å². The number of pyridine rings is 1. The summed E-state index contributed by atoms with van der Waals surface area (Å²) in [4.78, 5) is 16.0. The highest BCUT2D eigenvalue weighted by Crippen LogP contribution is 2.31. The third kappa shape index (κ3) is 4.71. The van der Waals surface area contributed by atoms with Crippen LogP contribution in [0.25, 0.3) is 0 Å². The average Bonchev–Trinajstić information content (AvgIpc) is 2.60. The number of hydrogen-bond donors (Lipinski definition) is 1. The number of anilines is 1. The molecule has 0 saturated heterocycles. The molecule has 0 saturated carbocycles. The third-order valence-corrected chi connectivity index (χ3v) is 3.63. The molecular weight excluding hydrogens is 292 g/mol. The van der Waals surface area contributed by atoms with Gasteiger partial charge in [0.05, 0.1) is 7.11 Å². The Hall–Kier alpha value is -2.56. The van der Waals surface area contributed by atoms with Crippen LogP contribution >= 0.6 is 0 Å². The summed E-state index contributed by atoms with van der Waals surface area (Å²) >= 11 is 0. The van der Waals surface area contributed by atoms with Gasteiger partial charge in [-0.05, 0) is 36.2 Å². The molecule has 122 valence electrons. The lowest BCUT2D eigenvalue weighted by molar-refractivity contribution is -0.119. The molecule has 1 N–H and O–H groups in total. The normalized spacial score (nSPS) is 11.6. The van der Waals surface area contributed by atoms with E-state index in [9.17, 15) is 4.79 Å². The van der Waals surface area contributed by atoms with Gasteiger partial charge in [-0.1, -0.05) is 13.8 Å². The summed E-state index contributed by atoms with van der Waals surface area (Å²) in [6, 6.07) is 9.15. The highest BCUT2D eigenvalue weighted by Gasteiger charge is 2.12. The molecule has 5 heteroatoms. The lowest BCUT2D eigenvalue weighted by atomic mass is 10.1. The summed E-state index contributed by atoms with van der Waals surface area (Å²) in [7, 11) is 1.59. The Labute approximate surface area is 136 Å². The van der Waals surface area contributed by atoms with Crippen molar-refractivity contribution in [3.05, 3.63) is 48.3 Å². The number of methoxy groups -OCH3 is 1. The maximum Gasteiger partial charge on any atom is 0.227 e. The molecule has 1 amide bonds. The number of amides is 1. The first kappa shape index (κ1) is 16.8. The van der Waals surface area contributed by atoms with Crippen LogP contribution in [0.4, 0.5) is 5.69 Å². The Morgan fingerprint density at radius 3 is 2.61 bits per heavy atom. The minimum Gasteiger partial charge on any atom is -0.493 e. The number of hydrogen-bond acceptors (Lipinski definition) is 4. The van der Waals surface area contributed by atoms with E-state index in [2.05, 4.69) is 10.3 Å². The van der Waals surface area contributed by atoms with Gasteiger partial charge in [0.25, 0.3) is 0 Å². The molecule has 1 aromatic carbocycles. The van der Waals surface area contributed by atoms with Gasteiger partial charge in [-0.3, -0.25) is 9.78 Å². The number of aromatic nitrogens is 1. The Morgan fingerprint density at radius 1 is 1.22 bits per heavy atom. The standard InChI is InChI=1S/C18H22N2O3/c1-4-13(2)18(21)20-15-5-6-16(22-3)17(11-15)23-12-14-7-9-19-10-8-14/h5-11,13H,4,12H2,1-3H3,(H,20,21). The van der Waals surface area contributed by atoms with Crippen molar-refractivity contribution in [3.63, 3.8) is 0 Å². The van der Waals surface area contributed by atoms with Gasteiger partial charge in [0.2, 0.25) is 5.91 Å². The minimum atomic E-state index is -0.0294. The summed E-state index contributed by atoms with van der Waals surface area (Å²) in [6.45, 7) is 4.29. The number of nitrogens with zero attached hydrogens (tertiary/aromatic N) is 1. The fourth-order valence-corrected chi connectivity index (χ4v) is 1.96. The average molecular weight is 314 g/mol. The second-order valence-electron chi connectivity index (χ2n) is 5.31. The van der Waals surface area contributed by atoms with E-state index in [1.807, 2.05) is 26.0 Å². The molecule has 1 aromatic heterocycles. The van der Waals surface area contributed by atoms with Gasteiger partial charge in [0.1, 0.15) is 6.61 Å². The molecule has 1 heterocycles. The van der Waals surface area contributed by atoms with Gasteiger partial charge in [-0.25, -0.2) is 0 Å². The first-order chi connectivity index (χ1) is 11.1. The van der Waals surface area contributed by atoms with Gasteiger partial charge in [-0.2, -0.15) is 0 Å². The summed E-state index contributed by atoms with van der Waals surface area (Å²) in [6.07, 6.45) is 4.24. The van der Waals surface area contributed by atoms with Crippen LogP contribution in [0.15, 0.2) is 42.7 Å². The van der Waals surface area contributed by atoms with E-state index in [4.69, 9.17) is 9.47 Å². The van der Waals surface area contributed by atoms with E-state index >= 15 is 0 Å². The smallest absolute Gasteiger partial charge is 0.227 e. The molecule has 2 rings (SSSR count). The SMILES string of the molecule is CCC(C)C(=O)Nc1ccc(OC)c(OCc2ccncc2)c1. The van der Waals surface area contributed by atoms with E-state index in [0.717, 1.165) is 12.0 Å². The summed E-state index contributed by atoms with van der Waals surface area (Å²) in [5.74, 6) is 1.18. The molecule has 1 unspecified atom stereocenters. The fraction of sp³-hybridized carbons (Fsp3) is 0.333. The molecule has 0 aliphatic carbocycles. The van der Waals surface area contributed by atoms with Crippen molar-refractivity contribution in [1.29, 1.82) is 0 Å². The summed E-state index contributed by atoms with van der Waals surface area (Å²) in [5, 5.41) is 2.90. The van der Waals surface area contributed by atoms with E-state index < -0.39 is 0 Å². The molecule has 23 heavy (non-hydrogen) atoms. The quantitative estimate of drug-likeness (QED) is 0.847. The predicted octanol–water partition coefficient (Wildman–Crippen LogP) is 3.65. The van der Waals surface area contributed by atoms with Crippen LogP contribution in [0, 0.1) is 5.92 Å². The van der Waals surface area contributed by atoms with E-state index in [0.29, 0.717) is 23.8 Å². The van der Waals surface area contributed by atoms with Crippen LogP contribution in [-0.2, 0) is 11.4 Å². The molecule has 0 radical (unpaired) electrons. The van der Waals surface area contributed by atoms with Crippen molar-refractivity contribution in [3.8, 4) is 11.5 Å². The van der Waals surface area contributed by atoms with Crippen molar-refractivity contribution in [1.82, 2.24) is 4.98 Å². The van der Waals surface area contributed by atoms with Gasteiger partial charge < -0.3 is 14.8 Å². The lowest BCUT2D eigenvalue weighted by Crippen LogP contribution is -2.19. The molecule has 0 aliphatic rings. The molecule has 0 bridgehead atoms. The number of nitrogens with one attached hydrogen (secondary N) is 1. The van der Waals surface area contributed by atoms with Crippen LogP contribution in [-0.4, -0.2) is 18.0 Å². The molecular formula is C18H22N2O3. The zero-order valence-electron chi connectivity index (χ0n) is 13.7. The second kappa shape index (κ2) is 8.17. The highest BCUT2D eigenvalue weighted by molar-refractivity contribution is 5.92. The van der Waals surface area contributed by atoms with Crippen LogP contribution in [0.1, 0.15) is 25.8 Å².